The summed E-state index contributed by atoms with van der Waals surface area (Å²) in [6.45, 7) is 5.33. The lowest BCUT2D eigenvalue weighted by Crippen LogP contribution is -2.35. The quantitative estimate of drug-likeness (QED) is 0.757. The van der Waals surface area contributed by atoms with E-state index in [0.29, 0.717) is 18.9 Å². The number of hydrogen-bond acceptors (Lipinski definition) is 6. The van der Waals surface area contributed by atoms with E-state index >= 15 is 0 Å². The highest BCUT2D eigenvalue weighted by atomic mass is 16.5. The minimum atomic E-state index is -0.543. The molecule has 0 aromatic carbocycles. The van der Waals surface area contributed by atoms with E-state index in [1.165, 1.54) is 13.2 Å². The molecule has 7 nitrogen and oxygen atoms in total. The van der Waals surface area contributed by atoms with Crippen molar-refractivity contribution < 1.29 is 14.3 Å². The van der Waals surface area contributed by atoms with Crippen molar-refractivity contribution in [1.29, 1.82) is 0 Å². The van der Waals surface area contributed by atoms with Crippen LogP contribution in [0.1, 0.15) is 24.3 Å². The van der Waals surface area contributed by atoms with Gasteiger partial charge in [-0.25, -0.2) is 4.79 Å². The van der Waals surface area contributed by atoms with Gasteiger partial charge in [0.25, 0.3) is 0 Å². The fourth-order valence-corrected chi connectivity index (χ4v) is 1.49. The Morgan fingerprint density at radius 2 is 1.95 bits per heavy atom. The predicted molar refractivity (Wildman–Crippen MR) is 69.8 cm³/mol. The number of rotatable bonds is 6. The van der Waals surface area contributed by atoms with Gasteiger partial charge in [0.15, 0.2) is 5.69 Å². The first-order chi connectivity index (χ1) is 9.12. The van der Waals surface area contributed by atoms with Crippen molar-refractivity contribution in [3.05, 3.63) is 17.8 Å². The van der Waals surface area contributed by atoms with E-state index in [1.54, 1.807) is 11.0 Å². The highest BCUT2D eigenvalue weighted by molar-refractivity contribution is 5.87. The van der Waals surface area contributed by atoms with Crippen LogP contribution in [0.15, 0.2) is 12.1 Å². The average Bonchev–Trinajstić information content (AvgIpc) is 2.46. The fourth-order valence-electron chi connectivity index (χ4n) is 1.49. The van der Waals surface area contributed by atoms with Crippen LogP contribution < -0.4 is 5.32 Å². The van der Waals surface area contributed by atoms with Crippen molar-refractivity contribution in [2.24, 2.45) is 0 Å². The number of nitrogens with zero attached hydrogens (tertiary/aromatic N) is 3. The highest BCUT2D eigenvalue weighted by Gasteiger charge is 2.10. The van der Waals surface area contributed by atoms with Crippen molar-refractivity contribution in [2.45, 2.75) is 13.8 Å². The van der Waals surface area contributed by atoms with Crippen LogP contribution in [0.5, 0.6) is 0 Å². The molecule has 1 rings (SSSR count). The topological polar surface area (TPSA) is 84.4 Å². The molecule has 1 aromatic heterocycles. The summed E-state index contributed by atoms with van der Waals surface area (Å²) in [4.78, 5) is 24.6. The van der Waals surface area contributed by atoms with Crippen LogP contribution in [0, 0.1) is 0 Å². The SMILES string of the molecule is CCN(CC)C(=O)CNc1ccc(C(=O)OC)nn1. The summed E-state index contributed by atoms with van der Waals surface area (Å²) in [7, 11) is 1.28. The molecular weight excluding hydrogens is 248 g/mol. The van der Waals surface area contributed by atoms with E-state index < -0.39 is 5.97 Å². The lowest BCUT2D eigenvalue weighted by Gasteiger charge is -2.18. The maximum Gasteiger partial charge on any atom is 0.358 e. The molecule has 0 bridgehead atoms. The molecule has 0 saturated heterocycles. The van der Waals surface area contributed by atoms with E-state index in [2.05, 4.69) is 20.3 Å². The van der Waals surface area contributed by atoms with E-state index in [-0.39, 0.29) is 18.1 Å². The van der Waals surface area contributed by atoms with Crippen LogP contribution >= 0.6 is 0 Å². The number of esters is 1. The zero-order valence-electron chi connectivity index (χ0n) is 11.3. The minimum Gasteiger partial charge on any atom is -0.464 e. The van der Waals surface area contributed by atoms with Crippen molar-refractivity contribution in [3.63, 3.8) is 0 Å². The Kier molecular flexibility index (Phi) is 5.72. The summed E-state index contributed by atoms with van der Waals surface area (Å²) in [5.41, 5.74) is 0.128. The van der Waals surface area contributed by atoms with Gasteiger partial charge < -0.3 is 15.0 Å². The largest absolute Gasteiger partial charge is 0.464 e. The number of nitrogens with one attached hydrogen (secondary N) is 1. The van der Waals surface area contributed by atoms with Crippen LogP contribution in [-0.2, 0) is 9.53 Å². The maximum atomic E-state index is 11.7. The molecule has 1 N–H and O–H groups in total. The second-order valence-electron chi connectivity index (χ2n) is 3.71. The van der Waals surface area contributed by atoms with Crippen molar-refractivity contribution >= 4 is 17.7 Å². The Bertz CT molecular complexity index is 429. The normalized spacial score (nSPS) is 9.84. The molecule has 1 aromatic rings. The van der Waals surface area contributed by atoms with Gasteiger partial charge in [0, 0.05) is 13.1 Å². The molecule has 1 heterocycles. The van der Waals surface area contributed by atoms with Gasteiger partial charge >= 0.3 is 5.97 Å². The third-order valence-corrected chi connectivity index (χ3v) is 2.60. The summed E-state index contributed by atoms with van der Waals surface area (Å²) >= 11 is 0. The smallest absolute Gasteiger partial charge is 0.358 e. The molecule has 0 atom stereocenters. The van der Waals surface area contributed by atoms with Crippen LogP contribution in [0.25, 0.3) is 0 Å². The number of anilines is 1. The molecule has 0 radical (unpaired) electrons. The van der Waals surface area contributed by atoms with Crippen molar-refractivity contribution in [2.75, 3.05) is 32.1 Å². The summed E-state index contributed by atoms with van der Waals surface area (Å²) in [5.74, 6) is -0.115. The zero-order chi connectivity index (χ0) is 14.3. The molecule has 0 unspecified atom stereocenters. The Hall–Kier alpha value is -2.18. The van der Waals surface area contributed by atoms with Gasteiger partial charge in [0.05, 0.1) is 13.7 Å². The van der Waals surface area contributed by atoms with Crippen LogP contribution in [0.2, 0.25) is 0 Å². The number of carbonyl (C=O) groups is 2. The summed E-state index contributed by atoms with van der Waals surface area (Å²) < 4.78 is 4.51. The number of likely N-dealkylation sites (N-methyl/N-ethyl adjacent to an activating group) is 1. The lowest BCUT2D eigenvalue weighted by molar-refractivity contribution is -0.128. The molecule has 7 heteroatoms. The van der Waals surface area contributed by atoms with Gasteiger partial charge in [-0.05, 0) is 26.0 Å². The third-order valence-electron chi connectivity index (χ3n) is 2.60. The van der Waals surface area contributed by atoms with Gasteiger partial charge in [-0.15, -0.1) is 10.2 Å². The first kappa shape index (κ1) is 14.9. The summed E-state index contributed by atoms with van der Waals surface area (Å²) in [6.07, 6.45) is 0. The summed E-state index contributed by atoms with van der Waals surface area (Å²) in [6, 6.07) is 3.07. The molecule has 0 saturated carbocycles. The second kappa shape index (κ2) is 7.30. The molecular formula is C12H18N4O3. The molecule has 0 aliphatic rings. The molecule has 0 aliphatic carbocycles. The number of aromatic nitrogens is 2. The van der Waals surface area contributed by atoms with Crippen LogP contribution in [0.3, 0.4) is 0 Å². The van der Waals surface area contributed by atoms with Gasteiger partial charge in [-0.1, -0.05) is 0 Å². The molecule has 0 aliphatic heterocycles. The summed E-state index contributed by atoms with van der Waals surface area (Å²) in [5, 5.41) is 10.4. The number of carbonyl (C=O) groups excluding carboxylic acids is 2. The van der Waals surface area contributed by atoms with E-state index in [9.17, 15) is 9.59 Å². The zero-order valence-corrected chi connectivity index (χ0v) is 11.3. The molecule has 104 valence electrons. The monoisotopic (exact) mass is 266 g/mol. The Labute approximate surface area is 112 Å². The van der Waals surface area contributed by atoms with Crippen LogP contribution in [0.4, 0.5) is 5.82 Å². The average molecular weight is 266 g/mol. The number of amides is 1. The van der Waals surface area contributed by atoms with Crippen molar-refractivity contribution in [1.82, 2.24) is 15.1 Å². The highest BCUT2D eigenvalue weighted by Crippen LogP contribution is 2.03. The van der Waals surface area contributed by atoms with E-state index in [1.807, 2.05) is 13.8 Å². The third kappa shape index (κ3) is 4.20. The standard InChI is InChI=1S/C12H18N4O3/c1-4-16(5-2)11(17)8-13-10-7-6-9(14-15-10)12(18)19-3/h6-7H,4-5,8H2,1-3H3,(H,13,15). The Balaban J connectivity index is 2.54. The minimum absolute atomic E-state index is 0.0103. The predicted octanol–water partition coefficient (Wildman–Crippen LogP) is 0.543. The second-order valence-corrected chi connectivity index (χ2v) is 3.71. The van der Waals surface area contributed by atoms with Gasteiger partial charge in [0.2, 0.25) is 5.91 Å². The first-order valence-corrected chi connectivity index (χ1v) is 6.06. The van der Waals surface area contributed by atoms with Crippen LogP contribution in [-0.4, -0.2) is 53.7 Å². The van der Waals surface area contributed by atoms with E-state index in [4.69, 9.17) is 0 Å². The molecule has 19 heavy (non-hydrogen) atoms. The van der Waals surface area contributed by atoms with Gasteiger partial charge in [-0.2, -0.15) is 0 Å². The number of methoxy groups -OCH3 is 1. The van der Waals surface area contributed by atoms with Gasteiger partial charge in [-0.3, -0.25) is 4.79 Å². The maximum absolute atomic E-state index is 11.7. The molecule has 0 spiro atoms. The van der Waals surface area contributed by atoms with Gasteiger partial charge in [0.1, 0.15) is 5.82 Å². The lowest BCUT2D eigenvalue weighted by atomic mass is 10.4. The Morgan fingerprint density at radius 3 is 2.42 bits per heavy atom. The number of hydrogen-bond donors (Lipinski definition) is 1. The molecule has 0 fully saturated rings. The number of ether oxygens (including phenoxy) is 1. The first-order valence-electron chi connectivity index (χ1n) is 6.06. The fraction of sp³-hybridized carbons (Fsp3) is 0.500. The molecule has 1 amide bonds. The Morgan fingerprint density at radius 1 is 1.26 bits per heavy atom. The van der Waals surface area contributed by atoms with E-state index in [0.717, 1.165) is 0 Å². The van der Waals surface area contributed by atoms with Crippen molar-refractivity contribution in [3.8, 4) is 0 Å².